The quantitative estimate of drug-likeness (QED) is 0.803. The molecule has 0 aromatic heterocycles. The first-order valence-corrected chi connectivity index (χ1v) is 9.99. The molecule has 0 heterocycles. The number of allylic oxidation sites excluding steroid dienone is 4. The van der Waals surface area contributed by atoms with Crippen molar-refractivity contribution in [2.45, 2.75) is 65.2 Å². The van der Waals surface area contributed by atoms with Gasteiger partial charge < -0.3 is 5.11 Å². The molecule has 2 fully saturated rings. The van der Waals surface area contributed by atoms with Gasteiger partial charge in [0.05, 0.1) is 0 Å². The molecule has 0 bridgehead atoms. The van der Waals surface area contributed by atoms with Crippen molar-refractivity contribution in [3.63, 3.8) is 0 Å². The molecule has 1 N–H and O–H groups in total. The number of carbonyl (C=O) groups excluding carboxylic acids is 1. The van der Waals surface area contributed by atoms with Gasteiger partial charge in [0.15, 0.2) is 5.78 Å². The Balaban J connectivity index is 1.61. The molecule has 0 saturated heterocycles. The molecule has 3 heteroatoms. The van der Waals surface area contributed by atoms with E-state index in [0.29, 0.717) is 41.9 Å². The molecule has 0 aliphatic heterocycles. The van der Waals surface area contributed by atoms with E-state index in [4.69, 9.17) is 5.11 Å². The van der Waals surface area contributed by atoms with Crippen LogP contribution in [0, 0.1) is 34.5 Å². The highest BCUT2D eigenvalue weighted by molar-refractivity contribution is 5.92. The Morgan fingerprint density at radius 2 is 2.00 bits per heavy atom. The van der Waals surface area contributed by atoms with Gasteiger partial charge in [-0.05, 0) is 84.7 Å². The zero-order valence-electron chi connectivity index (χ0n) is 15.5. The molecule has 2 saturated carbocycles. The first-order valence-electron chi connectivity index (χ1n) is 9.99. The predicted octanol–water partition coefficient (Wildman–Crippen LogP) is 4.78. The largest absolute Gasteiger partial charge is 0.481 e. The molecule has 0 aromatic rings. The van der Waals surface area contributed by atoms with Crippen molar-refractivity contribution in [2.24, 2.45) is 34.5 Å². The summed E-state index contributed by atoms with van der Waals surface area (Å²) in [5.41, 5.74) is 1.71. The number of hydrogen-bond acceptors (Lipinski definition) is 2. The van der Waals surface area contributed by atoms with E-state index in [-0.39, 0.29) is 11.2 Å². The van der Waals surface area contributed by atoms with E-state index < -0.39 is 5.97 Å². The number of ketones is 1. The molecule has 0 unspecified atom stereocenters. The minimum absolute atomic E-state index is 0.161. The molecular formula is C22H30O3. The average molecular weight is 342 g/mol. The van der Waals surface area contributed by atoms with Gasteiger partial charge in [0.2, 0.25) is 0 Å². The lowest BCUT2D eigenvalue weighted by Gasteiger charge is -2.56. The summed E-state index contributed by atoms with van der Waals surface area (Å²) >= 11 is 0. The minimum Gasteiger partial charge on any atom is -0.481 e. The molecule has 0 radical (unpaired) electrons. The summed E-state index contributed by atoms with van der Waals surface area (Å²) in [5, 5.41) is 9.08. The molecule has 0 spiro atoms. The second-order valence-electron chi connectivity index (χ2n) is 9.38. The summed E-state index contributed by atoms with van der Waals surface area (Å²) in [6.07, 6.45) is 14.2. The Bertz CT molecular complexity index is 660. The fourth-order valence-corrected chi connectivity index (χ4v) is 6.88. The van der Waals surface area contributed by atoms with Crippen LogP contribution in [0.3, 0.4) is 0 Å². The highest BCUT2D eigenvalue weighted by atomic mass is 16.4. The van der Waals surface area contributed by atoms with E-state index in [2.05, 4.69) is 26.0 Å². The number of rotatable bonds is 3. The second kappa shape index (κ2) is 5.82. The Morgan fingerprint density at radius 1 is 1.20 bits per heavy atom. The fraction of sp³-hybridized carbons (Fsp3) is 0.727. The average Bonchev–Trinajstić information content (AvgIpc) is 2.90. The van der Waals surface area contributed by atoms with E-state index in [1.807, 2.05) is 6.08 Å². The molecule has 4 rings (SSSR count). The summed E-state index contributed by atoms with van der Waals surface area (Å²) in [5.74, 6) is 2.10. The maximum Gasteiger partial charge on any atom is 0.303 e. The third kappa shape index (κ3) is 2.53. The van der Waals surface area contributed by atoms with Crippen LogP contribution in [0.15, 0.2) is 23.8 Å². The first kappa shape index (κ1) is 17.1. The van der Waals surface area contributed by atoms with Gasteiger partial charge in [-0.1, -0.05) is 26.0 Å². The summed E-state index contributed by atoms with van der Waals surface area (Å²) in [6.45, 7) is 4.81. The first-order chi connectivity index (χ1) is 11.8. The maximum atomic E-state index is 11.9. The Hall–Kier alpha value is -1.38. The van der Waals surface area contributed by atoms with E-state index in [1.54, 1.807) is 0 Å². The lowest BCUT2D eigenvalue weighted by molar-refractivity contribution is -0.137. The molecular weight excluding hydrogens is 312 g/mol. The molecule has 136 valence electrons. The van der Waals surface area contributed by atoms with Crippen molar-refractivity contribution in [1.82, 2.24) is 0 Å². The number of aliphatic carboxylic acids is 1. The second-order valence-corrected chi connectivity index (χ2v) is 9.38. The van der Waals surface area contributed by atoms with Gasteiger partial charge in [-0.15, -0.1) is 0 Å². The standard InChI is InChI=1S/C22H30O3/c1-21-12-10-19-17(18(21)7-4-14(21)5-8-20(24)25)6-3-15-13-16(23)9-11-22(15,19)2/h3,6,13-14,17-19H,4-5,7-12H2,1-2H3,(H,24,25)/t14-,17-,18-,19-,21+,22-/m0/s1. The van der Waals surface area contributed by atoms with Crippen molar-refractivity contribution >= 4 is 11.8 Å². The zero-order chi connectivity index (χ0) is 17.8. The van der Waals surface area contributed by atoms with Crippen molar-refractivity contribution in [1.29, 1.82) is 0 Å². The van der Waals surface area contributed by atoms with Crippen molar-refractivity contribution in [2.75, 3.05) is 0 Å². The monoisotopic (exact) mass is 342 g/mol. The number of carboxylic acid groups (broad SMARTS) is 1. The third-order valence-corrected chi connectivity index (χ3v) is 8.42. The van der Waals surface area contributed by atoms with Gasteiger partial charge in [-0.3, -0.25) is 9.59 Å². The molecule has 0 amide bonds. The van der Waals surface area contributed by atoms with Crippen LogP contribution in [0.1, 0.15) is 65.2 Å². The van der Waals surface area contributed by atoms with Gasteiger partial charge in [-0.25, -0.2) is 0 Å². The van der Waals surface area contributed by atoms with Gasteiger partial charge in [-0.2, -0.15) is 0 Å². The highest BCUT2D eigenvalue weighted by Gasteiger charge is 2.57. The lowest BCUT2D eigenvalue weighted by Crippen LogP contribution is -2.48. The van der Waals surface area contributed by atoms with Crippen LogP contribution in [0.5, 0.6) is 0 Å². The molecule has 4 aliphatic rings. The van der Waals surface area contributed by atoms with Crippen LogP contribution < -0.4 is 0 Å². The van der Waals surface area contributed by atoms with Gasteiger partial charge in [0.1, 0.15) is 0 Å². The Labute approximate surface area is 150 Å². The lowest BCUT2D eigenvalue weighted by atomic mass is 9.48. The van der Waals surface area contributed by atoms with Crippen LogP contribution >= 0.6 is 0 Å². The summed E-state index contributed by atoms with van der Waals surface area (Å²) in [6, 6.07) is 0. The Morgan fingerprint density at radius 3 is 2.76 bits per heavy atom. The summed E-state index contributed by atoms with van der Waals surface area (Å²) in [4.78, 5) is 22.9. The normalized spacial score (nSPS) is 45.4. The molecule has 25 heavy (non-hydrogen) atoms. The molecule has 4 aliphatic carbocycles. The van der Waals surface area contributed by atoms with E-state index in [9.17, 15) is 9.59 Å². The van der Waals surface area contributed by atoms with E-state index in [1.165, 1.54) is 31.3 Å². The van der Waals surface area contributed by atoms with Gasteiger partial charge in [0.25, 0.3) is 0 Å². The topological polar surface area (TPSA) is 54.4 Å². The van der Waals surface area contributed by atoms with E-state index >= 15 is 0 Å². The number of carbonyl (C=O) groups is 2. The number of fused-ring (bicyclic) bond motifs is 5. The van der Waals surface area contributed by atoms with Crippen LogP contribution in [0.2, 0.25) is 0 Å². The fourth-order valence-electron chi connectivity index (χ4n) is 6.88. The van der Waals surface area contributed by atoms with Crippen molar-refractivity contribution in [3.05, 3.63) is 23.8 Å². The number of carboxylic acids is 1. The summed E-state index contributed by atoms with van der Waals surface area (Å²) < 4.78 is 0. The van der Waals surface area contributed by atoms with E-state index in [0.717, 1.165) is 12.8 Å². The maximum absolute atomic E-state index is 11.9. The highest BCUT2D eigenvalue weighted by Crippen LogP contribution is 2.65. The van der Waals surface area contributed by atoms with Crippen LogP contribution in [0.25, 0.3) is 0 Å². The van der Waals surface area contributed by atoms with Gasteiger partial charge in [0, 0.05) is 12.8 Å². The minimum atomic E-state index is -0.660. The molecule has 6 atom stereocenters. The molecule has 0 aromatic carbocycles. The van der Waals surface area contributed by atoms with Crippen LogP contribution in [-0.4, -0.2) is 16.9 Å². The molecule has 3 nitrogen and oxygen atoms in total. The van der Waals surface area contributed by atoms with Crippen LogP contribution in [-0.2, 0) is 9.59 Å². The third-order valence-electron chi connectivity index (χ3n) is 8.42. The van der Waals surface area contributed by atoms with Crippen LogP contribution in [0.4, 0.5) is 0 Å². The SMILES string of the molecule is C[C@]12CC[C@H]3[C@@H](C=CC4=CC(=O)CC[C@@]43C)[C@@H]1CC[C@H]2CCC(=O)O. The van der Waals surface area contributed by atoms with Crippen molar-refractivity contribution in [3.8, 4) is 0 Å². The smallest absolute Gasteiger partial charge is 0.303 e. The van der Waals surface area contributed by atoms with Crippen molar-refractivity contribution < 1.29 is 14.7 Å². The summed E-state index contributed by atoms with van der Waals surface area (Å²) in [7, 11) is 0. The Kier molecular flexibility index (Phi) is 3.97. The zero-order valence-corrected chi connectivity index (χ0v) is 15.5. The number of hydrogen-bond donors (Lipinski definition) is 1. The van der Waals surface area contributed by atoms with Gasteiger partial charge >= 0.3 is 5.97 Å². The predicted molar refractivity (Wildman–Crippen MR) is 97.0 cm³/mol.